The van der Waals surface area contributed by atoms with Crippen LogP contribution in [0.15, 0.2) is 23.2 Å². The largest absolute Gasteiger partial charge is 0.392 e. The van der Waals surface area contributed by atoms with E-state index in [1.54, 1.807) is 19.2 Å². The van der Waals surface area contributed by atoms with Crippen LogP contribution in [0.2, 0.25) is 0 Å². The van der Waals surface area contributed by atoms with Gasteiger partial charge >= 0.3 is 0 Å². The number of hydrogen-bond donors (Lipinski definition) is 1. The molecule has 0 bridgehead atoms. The third kappa shape index (κ3) is 1.89. The monoisotopic (exact) mass is 167 g/mol. The van der Waals surface area contributed by atoms with Crippen LogP contribution < -0.4 is 0 Å². The molecule has 1 N–H and O–H groups in total. The predicted molar refractivity (Wildman–Crippen MR) is 45.8 cm³/mol. The first kappa shape index (κ1) is 8.87. The lowest BCUT2D eigenvalue weighted by Gasteiger charge is -1.98. The Morgan fingerprint density at radius 2 is 2.33 bits per heavy atom. The predicted octanol–water partition coefficient (Wildman–Crippen LogP) is 1.37. The van der Waals surface area contributed by atoms with Crippen LogP contribution in [0.5, 0.6) is 0 Å². The number of aliphatic imine (C=N–C) groups is 1. The number of rotatable bonds is 2. The van der Waals surface area contributed by atoms with Crippen molar-refractivity contribution in [3.8, 4) is 0 Å². The fourth-order valence-electron chi connectivity index (χ4n) is 0.913. The Morgan fingerprint density at radius 3 is 2.83 bits per heavy atom. The highest BCUT2D eigenvalue weighted by Crippen LogP contribution is 2.08. The molecule has 2 nitrogen and oxygen atoms in total. The number of nitrogens with zero attached hydrogens (tertiary/aromatic N) is 1. The van der Waals surface area contributed by atoms with E-state index in [9.17, 15) is 4.39 Å². The third-order valence-electron chi connectivity index (χ3n) is 1.52. The highest BCUT2D eigenvalue weighted by Gasteiger charge is 1.99. The quantitative estimate of drug-likeness (QED) is 0.663. The summed E-state index contributed by atoms with van der Waals surface area (Å²) in [5, 5.41) is 8.68. The van der Waals surface area contributed by atoms with Crippen LogP contribution in [-0.4, -0.2) is 18.4 Å². The number of benzene rings is 1. The first-order chi connectivity index (χ1) is 5.77. The molecule has 0 unspecified atom stereocenters. The lowest BCUT2D eigenvalue weighted by Crippen LogP contribution is -1.91. The molecular weight excluding hydrogens is 157 g/mol. The highest BCUT2D eigenvalue weighted by atomic mass is 19.1. The summed E-state index contributed by atoms with van der Waals surface area (Å²) in [6.45, 7) is -0.138. The second-order valence-electron chi connectivity index (χ2n) is 2.40. The van der Waals surface area contributed by atoms with Crippen LogP contribution in [0.25, 0.3) is 0 Å². The molecule has 1 rings (SSSR count). The van der Waals surface area contributed by atoms with E-state index in [1.807, 2.05) is 0 Å². The summed E-state index contributed by atoms with van der Waals surface area (Å²) in [6, 6.07) is 4.56. The molecule has 0 fully saturated rings. The SMILES string of the molecule is C/N=C/c1ccc(CO)cc1F. The summed E-state index contributed by atoms with van der Waals surface area (Å²) in [5.74, 6) is -0.354. The Morgan fingerprint density at radius 1 is 1.58 bits per heavy atom. The van der Waals surface area contributed by atoms with Crippen molar-refractivity contribution in [1.82, 2.24) is 0 Å². The summed E-state index contributed by atoms with van der Waals surface area (Å²) in [7, 11) is 1.58. The van der Waals surface area contributed by atoms with Crippen LogP contribution >= 0.6 is 0 Å². The topological polar surface area (TPSA) is 32.6 Å². The molecule has 0 aliphatic heterocycles. The molecule has 0 saturated carbocycles. The van der Waals surface area contributed by atoms with Gasteiger partial charge in [-0.1, -0.05) is 12.1 Å². The van der Waals surface area contributed by atoms with Crippen LogP contribution in [0, 0.1) is 5.82 Å². The minimum atomic E-state index is -0.354. The van der Waals surface area contributed by atoms with E-state index >= 15 is 0 Å². The Bertz CT molecular complexity index is 297. The van der Waals surface area contributed by atoms with Crippen molar-refractivity contribution >= 4 is 6.21 Å². The minimum Gasteiger partial charge on any atom is -0.392 e. The van der Waals surface area contributed by atoms with Gasteiger partial charge in [0.1, 0.15) is 5.82 Å². The van der Waals surface area contributed by atoms with Crippen molar-refractivity contribution in [2.45, 2.75) is 6.61 Å². The lowest BCUT2D eigenvalue weighted by atomic mass is 10.1. The van der Waals surface area contributed by atoms with Crippen LogP contribution in [0.4, 0.5) is 4.39 Å². The molecule has 0 aromatic heterocycles. The molecule has 0 saturated heterocycles. The Kier molecular flexibility index (Phi) is 2.94. The summed E-state index contributed by atoms with van der Waals surface area (Å²) < 4.78 is 13.0. The number of aliphatic hydroxyl groups is 1. The molecule has 0 aliphatic carbocycles. The van der Waals surface area contributed by atoms with Crippen molar-refractivity contribution in [2.75, 3.05) is 7.05 Å². The third-order valence-corrected chi connectivity index (χ3v) is 1.52. The van der Waals surface area contributed by atoms with Gasteiger partial charge in [0, 0.05) is 18.8 Å². The molecule has 12 heavy (non-hydrogen) atoms. The zero-order chi connectivity index (χ0) is 8.97. The van der Waals surface area contributed by atoms with Gasteiger partial charge in [0.2, 0.25) is 0 Å². The number of hydrogen-bond acceptors (Lipinski definition) is 2. The summed E-state index contributed by atoms with van der Waals surface area (Å²) in [6.07, 6.45) is 1.44. The second-order valence-corrected chi connectivity index (χ2v) is 2.40. The van der Waals surface area contributed by atoms with E-state index in [0.29, 0.717) is 11.1 Å². The Balaban J connectivity index is 3.03. The Labute approximate surface area is 70.4 Å². The zero-order valence-electron chi connectivity index (χ0n) is 6.79. The van der Waals surface area contributed by atoms with Gasteiger partial charge in [-0.2, -0.15) is 0 Å². The first-order valence-corrected chi connectivity index (χ1v) is 3.59. The molecule has 0 spiro atoms. The number of halogens is 1. The summed E-state index contributed by atoms with van der Waals surface area (Å²) in [4.78, 5) is 3.69. The van der Waals surface area contributed by atoms with Crippen molar-refractivity contribution in [3.05, 3.63) is 35.1 Å². The second kappa shape index (κ2) is 3.97. The first-order valence-electron chi connectivity index (χ1n) is 3.59. The summed E-state index contributed by atoms with van der Waals surface area (Å²) >= 11 is 0. The van der Waals surface area contributed by atoms with Crippen LogP contribution in [0.1, 0.15) is 11.1 Å². The highest BCUT2D eigenvalue weighted by molar-refractivity contribution is 5.79. The van der Waals surface area contributed by atoms with Gasteiger partial charge in [-0.05, 0) is 11.6 Å². The molecule has 0 atom stereocenters. The lowest BCUT2D eigenvalue weighted by molar-refractivity contribution is 0.281. The van der Waals surface area contributed by atoms with Gasteiger partial charge in [-0.3, -0.25) is 4.99 Å². The van der Waals surface area contributed by atoms with E-state index < -0.39 is 0 Å². The molecule has 0 radical (unpaired) electrons. The van der Waals surface area contributed by atoms with Crippen LogP contribution in [0.3, 0.4) is 0 Å². The Hall–Kier alpha value is -1.22. The van der Waals surface area contributed by atoms with Gasteiger partial charge in [-0.15, -0.1) is 0 Å². The average Bonchev–Trinajstić information content (AvgIpc) is 2.09. The fraction of sp³-hybridized carbons (Fsp3) is 0.222. The van der Waals surface area contributed by atoms with Gasteiger partial charge in [0.25, 0.3) is 0 Å². The minimum absolute atomic E-state index is 0.138. The molecular formula is C9H10FNO. The van der Waals surface area contributed by atoms with Crippen molar-refractivity contribution < 1.29 is 9.50 Å². The molecule has 0 amide bonds. The van der Waals surface area contributed by atoms with E-state index in [-0.39, 0.29) is 12.4 Å². The molecule has 3 heteroatoms. The molecule has 0 aliphatic rings. The smallest absolute Gasteiger partial charge is 0.132 e. The van der Waals surface area contributed by atoms with Gasteiger partial charge < -0.3 is 5.11 Å². The van der Waals surface area contributed by atoms with E-state index in [0.717, 1.165) is 0 Å². The molecule has 0 heterocycles. The van der Waals surface area contributed by atoms with Crippen molar-refractivity contribution in [3.63, 3.8) is 0 Å². The maximum Gasteiger partial charge on any atom is 0.132 e. The van der Waals surface area contributed by atoms with Crippen LogP contribution in [-0.2, 0) is 6.61 Å². The maximum atomic E-state index is 13.0. The standard InChI is InChI=1S/C9H10FNO/c1-11-5-8-3-2-7(6-12)4-9(8)10/h2-5,12H,6H2,1H3/b11-5+. The van der Waals surface area contributed by atoms with Gasteiger partial charge in [0.05, 0.1) is 6.61 Å². The van der Waals surface area contributed by atoms with Gasteiger partial charge in [-0.25, -0.2) is 4.39 Å². The van der Waals surface area contributed by atoms with Gasteiger partial charge in [0.15, 0.2) is 0 Å². The molecule has 1 aromatic rings. The van der Waals surface area contributed by atoms with E-state index in [4.69, 9.17) is 5.11 Å². The average molecular weight is 167 g/mol. The van der Waals surface area contributed by atoms with E-state index in [1.165, 1.54) is 12.3 Å². The number of aliphatic hydroxyl groups excluding tert-OH is 1. The fourth-order valence-corrected chi connectivity index (χ4v) is 0.913. The van der Waals surface area contributed by atoms with E-state index in [2.05, 4.69) is 4.99 Å². The molecule has 64 valence electrons. The summed E-state index contributed by atoms with van der Waals surface area (Å²) in [5.41, 5.74) is 1.01. The molecule has 1 aromatic carbocycles. The van der Waals surface area contributed by atoms with Crippen molar-refractivity contribution in [2.24, 2.45) is 4.99 Å². The maximum absolute atomic E-state index is 13.0. The zero-order valence-corrected chi connectivity index (χ0v) is 6.79. The van der Waals surface area contributed by atoms with Crippen molar-refractivity contribution in [1.29, 1.82) is 0 Å². The normalized spacial score (nSPS) is 10.9.